The minimum absolute atomic E-state index is 0.0800. The summed E-state index contributed by atoms with van der Waals surface area (Å²) in [6.45, 7) is 22.1. The van der Waals surface area contributed by atoms with Gasteiger partial charge in [0.2, 0.25) is 0 Å². The molecule has 2 aliphatic rings. The van der Waals surface area contributed by atoms with Crippen molar-refractivity contribution in [2.45, 2.75) is 86.5 Å². The van der Waals surface area contributed by atoms with Gasteiger partial charge in [-0.25, -0.2) is 0 Å². The molecule has 0 amide bonds. The molecule has 0 radical (unpaired) electrons. The molecule has 294 valence electrons. The van der Waals surface area contributed by atoms with Gasteiger partial charge in [-0.3, -0.25) is 0 Å². The van der Waals surface area contributed by atoms with Crippen LogP contribution in [0.15, 0.2) is 193 Å². The van der Waals surface area contributed by atoms with Crippen LogP contribution in [0.2, 0.25) is 0 Å². The fraction of sp³-hybridized carbons (Fsp3) is 0.228. The molecule has 1 atom stereocenters. The van der Waals surface area contributed by atoms with Gasteiger partial charge in [0.05, 0.1) is 5.41 Å². The Morgan fingerprint density at radius 1 is 0.552 bits per heavy atom. The molecule has 2 aliphatic carbocycles. The first-order valence-corrected chi connectivity index (χ1v) is 21.0. The summed E-state index contributed by atoms with van der Waals surface area (Å²) in [6.07, 6.45) is 9.99. The molecule has 0 spiro atoms. The molecule has 0 saturated heterocycles. The van der Waals surface area contributed by atoms with Crippen LogP contribution in [-0.4, -0.2) is 0 Å². The molecule has 0 aromatic heterocycles. The maximum Gasteiger partial charge on any atom is 0.0631 e. The summed E-state index contributed by atoms with van der Waals surface area (Å²) in [4.78, 5) is 2.44. The Labute approximate surface area is 349 Å². The van der Waals surface area contributed by atoms with Crippen molar-refractivity contribution >= 4 is 22.6 Å². The standard InChI is InChI=1S/C48H47N.C7H8.C2H6/c1-8-9-18-33(2)25-26-34(3)48(37-19-12-10-13-20-37)36(5)35(4)41-29-27-40(32-46(41)48)49(38-21-14-11-15-22-38)39-28-30-43-42-23-16-17-24-44(42)47(6,7)45(43)31-39;1-7-5-3-2-4-6-7;1-2/h8-17,19-32H,18H2,1-7H3;2-6H,1H3;1-2H3/b9-8+,33-25+,34-26+;;. The van der Waals surface area contributed by atoms with Crippen LogP contribution in [-0.2, 0) is 10.8 Å². The van der Waals surface area contributed by atoms with Crippen LogP contribution < -0.4 is 4.90 Å². The Morgan fingerprint density at radius 2 is 1.09 bits per heavy atom. The third-order valence-corrected chi connectivity index (χ3v) is 12.1. The van der Waals surface area contributed by atoms with E-state index < -0.39 is 0 Å². The van der Waals surface area contributed by atoms with Crippen molar-refractivity contribution < 1.29 is 0 Å². The second kappa shape index (κ2) is 18.1. The predicted octanol–water partition coefficient (Wildman–Crippen LogP) is 16.4. The van der Waals surface area contributed by atoms with Crippen LogP contribution >= 0.6 is 0 Å². The van der Waals surface area contributed by atoms with E-state index in [1.807, 2.05) is 32.0 Å². The number of fused-ring (bicyclic) bond motifs is 4. The van der Waals surface area contributed by atoms with Crippen molar-refractivity contribution in [1.29, 1.82) is 0 Å². The predicted molar refractivity (Wildman–Crippen MR) is 254 cm³/mol. The summed E-state index contributed by atoms with van der Waals surface area (Å²) in [6, 6.07) is 55.3. The molecule has 0 aliphatic heterocycles. The summed E-state index contributed by atoms with van der Waals surface area (Å²) in [5.74, 6) is 0. The summed E-state index contributed by atoms with van der Waals surface area (Å²) in [7, 11) is 0. The molecular formula is C57H61N. The van der Waals surface area contributed by atoms with Gasteiger partial charge in [0.25, 0.3) is 0 Å². The zero-order valence-corrected chi connectivity index (χ0v) is 36.4. The van der Waals surface area contributed by atoms with E-state index in [1.54, 1.807) is 0 Å². The topological polar surface area (TPSA) is 3.24 Å². The van der Waals surface area contributed by atoms with E-state index in [9.17, 15) is 0 Å². The molecule has 1 heteroatoms. The minimum Gasteiger partial charge on any atom is -0.310 e. The van der Waals surface area contributed by atoms with Crippen LogP contribution in [0.1, 0.15) is 102 Å². The van der Waals surface area contributed by atoms with Gasteiger partial charge in [-0.05, 0) is 129 Å². The van der Waals surface area contributed by atoms with Crippen LogP contribution in [0.25, 0.3) is 16.7 Å². The number of aryl methyl sites for hydroxylation is 1. The van der Waals surface area contributed by atoms with E-state index in [1.165, 1.54) is 72.5 Å². The maximum absolute atomic E-state index is 2.47. The smallest absolute Gasteiger partial charge is 0.0631 e. The van der Waals surface area contributed by atoms with Gasteiger partial charge in [0, 0.05) is 22.5 Å². The molecule has 0 saturated carbocycles. The molecule has 8 rings (SSSR count). The Balaban J connectivity index is 0.000000564. The van der Waals surface area contributed by atoms with Gasteiger partial charge in [-0.15, -0.1) is 0 Å². The van der Waals surface area contributed by atoms with Crippen molar-refractivity contribution in [3.63, 3.8) is 0 Å². The summed E-state index contributed by atoms with van der Waals surface area (Å²) < 4.78 is 0. The molecule has 1 nitrogen and oxygen atoms in total. The third-order valence-electron chi connectivity index (χ3n) is 12.1. The quantitative estimate of drug-likeness (QED) is 0.110. The molecule has 6 aromatic carbocycles. The molecule has 1 unspecified atom stereocenters. The second-order valence-electron chi connectivity index (χ2n) is 16.0. The van der Waals surface area contributed by atoms with Crippen molar-refractivity contribution in [3.8, 4) is 11.1 Å². The molecule has 0 N–H and O–H groups in total. The van der Waals surface area contributed by atoms with E-state index >= 15 is 0 Å². The fourth-order valence-corrected chi connectivity index (χ4v) is 8.94. The van der Waals surface area contributed by atoms with Gasteiger partial charge in [-0.1, -0.05) is 190 Å². The van der Waals surface area contributed by atoms with Crippen LogP contribution in [0, 0.1) is 6.92 Å². The number of hydrogen-bond donors (Lipinski definition) is 0. The lowest BCUT2D eigenvalue weighted by molar-refractivity contribution is 0.660. The van der Waals surface area contributed by atoms with Crippen molar-refractivity contribution in [2.24, 2.45) is 0 Å². The van der Waals surface area contributed by atoms with E-state index in [-0.39, 0.29) is 10.8 Å². The lowest BCUT2D eigenvalue weighted by Gasteiger charge is -2.36. The zero-order chi connectivity index (χ0) is 41.5. The van der Waals surface area contributed by atoms with Crippen LogP contribution in [0.3, 0.4) is 0 Å². The first kappa shape index (κ1) is 41.7. The Hall–Kier alpha value is -5.92. The minimum atomic E-state index is -0.377. The Bertz CT molecular complexity index is 2460. The largest absolute Gasteiger partial charge is 0.310 e. The number of rotatable bonds is 8. The Kier molecular flexibility index (Phi) is 13.0. The molecule has 0 heterocycles. The van der Waals surface area contributed by atoms with Gasteiger partial charge in [0.15, 0.2) is 0 Å². The molecular weight excluding hydrogens is 699 g/mol. The summed E-state index contributed by atoms with van der Waals surface area (Å²) in [5.41, 5.74) is 19.2. The highest BCUT2D eigenvalue weighted by atomic mass is 15.1. The SMILES string of the molecule is C/C=C/C/C(C)=C/C=C(\C)C1(c2ccccc2)C(C)=C(C)c2ccc(N(c3ccccc3)c3ccc4c(c3)C(C)(C)c3ccccc3-4)cc21.CC.Cc1ccccc1. The molecule has 6 aromatic rings. The normalized spacial score (nSPS) is 16.4. The lowest BCUT2D eigenvalue weighted by Crippen LogP contribution is -2.29. The van der Waals surface area contributed by atoms with E-state index in [4.69, 9.17) is 0 Å². The summed E-state index contributed by atoms with van der Waals surface area (Å²) in [5, 5.41) is 0. The molecule has 0 bridgehead atoms. The summed E-state index contributed by atoms with van der Waals surface area (Å²) >= 11 is 0. The van der Waals surface area contributed by atoms with E-state index in [0.29, 0.717) is 0 Å². The van der Waals surface area contributed by atoms with Crippen LogP contribution in [0.5, 0.6) is 0 Å². The lowest BCUT2D eigenvalue weighted by atomic mass is 9.67. The highest BCUT2D eigenvalue weighted by molar-refractivity contribution is 5.89. The highest BCUT2D eigenvalue weighted by Crippen LogP contribution is 2.56. The van der Waals surface area contributed by atoms with E-state index in [2.05, 4.69) is 218 Å². The average molecular weight is 760 g/mol. The average Bonchev–Trinajstić information content (AvgIpc) is 3.63. The first-order chi connectivity index (χ1) is 28.1. The highest BCUT2D eigenvalue weighted by Gasteiger charge is 2.45. The number of hydrogen-bond acceptors (Lipinski definition) is 1. The fourth-order valence-electron chi connectivity index (χ4n) is 8.94. The second-order valence-corrected chi connectivity index (χ2v) is 16.0. The third kappa shape index (κ3) is 7.84. The van der Waals surface area contributed by atoms with Crippen molar-refractivity contribution in [1.82, 2.24) is 0 Å². The van der Waals surface area contributed by atoms with Gasteiger partial charge < -0.3 is 4.90 Å². The van der Waals surface area contributed by atoms with Crippen molar-refractivity contribution in [2.75, 3.05) is 4.90 Å². The molecule has 0 fully saturated rings. The number of nitrogens with zero attached hydrogens (tertiary/aromatic N) is 1. The van der Waals surface area contributed by atoms with Gasteiger partial charge in [-0.2, -0.15) is 0 Å². The first-order valence-electron chi connectivity index (χ1n) is 21.0. The number of benzene rings is 6. The maximum atomic E-state index is 2.47. The van der Waals surface area contributed by atoms with Gasteiger partial charge in [0.1, 0.15) is 0 Å². The van der Waals surface area contributed by atoms with Crippen LogP contribution in [0.4, 0.5) is 17.1 Å². The Morgan fingerprint density at radius 3 is 1.69 bits per heavy atom. The van der Waals surface area contributed by atoms with E-state index in [0.717, 1.165) is 17.8 Å². The number of allylic oxidation sites excluding steroid dienone is 8. The monoisotopic (exact) mass is 759 g/mol. The van der Waals surface area contributed by atoms with Crippen molar-refractivity contribution in [3.05, 3.63) is 226 Å². The number of anilines is 3. The zero-order valence-electron chi connectivity index (χ0n) is 36.4. The molecule has 58 heavy (non-hydrogen) atoms. The number of para-hydroxylation sites is 1. The van der Waals surface area contributed by atoms with Gasteiger partial charge >= 0.3 is 0 Å².